The van der Waals surface area contributed by atoms with Crippen molar-refractivity contribution >= 4 is 5.91 Å². The smallest absolute Gasteiger partial charge is 0.234 e. The number of likely N-dealkylation sites (tertiary alicyclic amines) is 1. The van der Waals surface area contributed by atoms with Gasteiger partial charge in [0.15, 0.2) is 0 Å². The number of amides is 1. The second kappa shape index (κ2) is 8.31. The Balaban J connectivity index is 1.78. The lowest BCUT2D eigenvalue weighted by molar-refractivity contribution is -0.123. The molecule has 1 aromatic carbocycles. The van der Waals surface area contributed by atoms with Gasteiger partial charge in [0.2, 0.25) is 5.91 Å². The van der Waals surface area contributed by atoms with Crippen molar-refractivity contribution in [1.29, 1.82) is 0 Å². The fraction of sp³-hybridized carbons (Fsp3) is 0.611. The van der Waals surface area contributed by atoms with E-state index in [1.54, 1.807) is 7.11 Å². The van der Waals surface area contributed by atoms with E-state index in [9.17, 15) is 9.90 Å². The van der Waals surface area contributed by atoms with E-state index in [1.807, 2.05) is 24.3 Å². The number of hydrogen-bond acceptors (Lipinski definition) is 4. The molecule has 1 aromatic rings. The van der Waals surface area contributed by atoms with Crippen LogP contribution in [0.3, 0.4) is 0 Å². The molecule has 2 rings (SSSR count). The van der Waals surface area contributed by atoms with Gasteiger partial charge in [-0.15, -0.1) is 0 Å². The molecular weight excluding hydrogens is 292 g/mol. The second-order valence-corrected chi connectivity index (χ2v) is 6.38. The van der Waals surface area contributed by atoms with E-state index in [0.29, 0.717) is 13.1 Å². The summed E-state index contributed by atoms with van der Waals surface area (Å²) in [5.74, 6) is 0.824. The molecule has 5 nitrogen and oxygen atoms in total. The van der Waals surface area contributed by atoms with E-state index in [2.05, 4.69) is 17.1 Å². The number of benzene rings is 1. The summed E-state index contributed by atoms with van der Waals surface area (Å²) in [6, 6.07) is 7.70. The summed E-state index contributed by atoms with van der Waals surface area (Å²) in [5.41, 5.74) is 1.04. The lowest BCUT2D eigenvalue weighted by atomic mass is 9.77. The average molecular weight is 320 g/mol. The van der Waals surface area contributed by atoms with Gasteiger partial charge in [-0.1, -0.05) is 25.1 Å². The Morgan fingerprint density at radius 1 is 1.35 bits per heavy atom. The highest BCUT2D eigenvalue weighted by molar-refractivity contribution is 5.78. The zero-order chi connectivity index (χ0) is 16.7. The lowest BCUT2D eigenvalue weighted by Gasteiger charge is -2.39. The largest absolute Gasteiger partial charge is 0.496 e. The molecule has 1 fully saturated rings. The maximum absolute atomic E-state index is 12.1. The molecule has 0 aliphatic carbocycles. The van der Waals surface area contributed by atoms with Crippen LogP contribution in [-0.4, -0.2) is 49.3 Å². The fourth-order valence-corrected chi connectivity index (χ4v) is 3.11. The molecule has 23 heavy (non-hydrogen) atoms. The summed E-state index contributed by atoms with van der Waals surface area (Å²) < 4.78 is 5.29. The predicted molar refractivity (Wildman–Crippen MR) is 90.3 cm³/mol. The molecule has 0 saturated carbocycles. The first-order valence-electron chi connectivity index (χ1n) is 8.34. The number of carbonyl (C=O) groups is 1. The van der Waals surface area contributed by atoms with Crippen molar-refractivity contribution in [2.24, 2.45) is 5.41 Å². The van der Waals surface area contributed by atoms with E-state index in [4.69, 9.17) is 4.74 Å². The third-order valence-corrected chi connectivity index (χ3v) is 5.04. The number of piperidine rings is 1. The van der Waals surface area contributed by atoms with Crippen molar-refractivity contribution in [3.8, 4) is 5.75 Å². The van der Waals surface area contributed by atoms with Crippen LogP contribution in [0.2, 0.25) is 0 Å². The highest BCUT2D eigenvalue weighted by Crippen LogP contribution is 2.33. The number of rotatable bonds is 7. The highest BCUT2D eigenvalue weighted by atomic mass is 16.5. The Kier molecular flexibility index (Phi) is 6.42. The summed E-state index contributed by atoms with van der Waals surface area (Å²) in [5, 5.41) is 12.5. The number of nitrogens with zero attached hydrogens (tertiary/aromatic N) is 1. The molecule has 1 aliphatic rings. The normalized spacial score (nSPS) is 17.7. The van der Waals surface area contributed by atoms with E-state index in [1.165, 1.54) is 0 Å². The number of methoxy groups -OCH3 is 1. The van der Waals surface area contributed by atoms with Crippen LogP contribution >= 0.6 is 0 Å². The zero-order valence-corrected chi connectivity index (χ0v) is 14.2. The molecule has 0 atom stereocenters. The Hall–Kier alpha value is -1.59. The number of hydrogen-bond donors (Lipinski definition) is 2. The molecule has 1 aliphatic heterocycles. The van der Waals surface area contributed by atoms with Crippen LogP contribution in [0.4, 0.5) is 0 Å². The van der Waals surface area contributed by atoms with Crippen molar-refractivity contribution in [2.45, 2.75) is 32.7 Å². The minimum absolute atomic E-state index is 0.0314. The van der Waals surface area contributed by atoms with Crippen LogP contribution in [-0.2, 0) is 11.3 Å². The SMILES string of the molecule is CCC1(CO)CCN(CC(=O)NCc2ccccc2OC)CC1. The summed E-state index contributed by atoms with van der Waals surface area (Å²) >= 11 is 0. The third kappa shape index (κ3) is 4.69. The zero-order valence-electron chi connectivity index (χ0n) is 14.2. The number of ether oxygens (including phenoxy) is 1. The van der Waals surface area contributed by atoms with Gasteiger partial charge in [-0.05, 0) is 43.8 Å². The Bertz CT molecular complexity index is 505. The summed E-state index contributed by atoms with van der Waals surface area (Å²) in [4.78, 5) is 14.3. The van der Waals surface area contributed by atoms with Gasteiger partial charge in [-0.2, -0.15) is 0 Å². The first-order chi connectivity index (χ1) is 11.1. The predicted octanol–water partition coefficient (Wildman–Crippen LogP) is 1.80. The first kappa shape index (κ1) is 17.8. The molecular formula is C18H28N2O3. The molecule has 2 N–H and O–H groups in total. The van der Waals surface area contributed by atoms with Gasteiger partial charge in [0, 0.05) is 18.7 Å². The number of aliphatic hydroxyl groups is 1. The van der Waals surface area contributed by atoms with E-state index in [-0.39, 0.29) is 17.9 Å². The Morgan fingerprint density at radius 2 is 2.04 bits per heavy atom. The van der Waals surface area contributed by atoms with Gasteiger partial charge in [0.25, 0.3) is 0 Å². The minimum Gasteiger partial charge on any atom is -0.496 e. The van der Waals surface area contributed by atoms with E-state index < -0.39 is 0 Å². The topological polar surface area (TPSA) is 61.8 Å². The number of nitrogens with one attached hydrogen (secondary N) is 1. The van der Waals surface area contributed by atoms with Gasteiger partial charge < -0.3 is 15.2 Å². The standard InChI is InChI=1S/C18H28N2O3/c1-3-18(14-21)8-10-20(11-9-18)13-17(22)19-12-15-6-4-5-7-16(15)23-2/h4-7,21H,3,8-14H2,1-2H3,(H,19,22). The number of carbonyl (C=O) groups excluding carboxylic acids is 1. The molecule has 0 bridgehead atoms. The van der Waals surface area contributed by atoms with Gasteiger partial charge in [0.05, 0.1) is 13.7 Å². The second-order valence-electron chi connectivity index (χ2n) is 6.38. The van der Waals surface area contributed by atoms with Gasteiger partial charge in [-0.25, -0.2) is 0 Å². The number of para-hydroxylation sites is 1. The maximum atomic E-state index is 12.1. The molecule has 1 heterocycles. The maximum Gasteiger partial charge on any atom is 0.234 e. The molecule has 1 saturated heterocycles. The van der Waals surface area contributed by atoms with Gasteiger partial charge >= 0.3 is 0 Å². The van der Waals surface area contributed by atoms with Crippen molar-refractivity contribution in [2.75, 3.05) is 33.4 Å². The van der Waals surface area contributed by atoms with Crippen molar-refractivity contribution in [3.63, 3.8) is 0 Å². The molecule has 0 radical (unpaired) electrons. The number of aliphatic hydroxyl groups excluding tert-OH is 1. The van der Waals surface area contributed by atoms with Crippen molar-refractivity contribution in [1.82, 2.24) is 10.2 Å². The third-order valence-electron chi connectivity index (χ3n) is 5.04. The molecule has 128 valence electrons. The quantitative estimate of drug-likeness (QED) is 0.804. The van der Waals surface area contributed by atoms with Crippen LogP contribution in [0.15, 0.2) is 24.3 Å². The van der Waals surface area contributed by atoms with Crippen LogP contribution in [0.5, 0.6) is 5.75 Å². The fourth-order valence-electron chi connectivity index (χ4n) is 3.11. The van der Waals surface area contributed by atoms with Crippen LogP contribution in [0.1, 0.15) is 31.7 Å². The van der Waals surface area contributed by atoms with E-state index >= 15 is 0 Å². The Labute approximate surface area is 138 Å². The Morgan fingerprint density at radius 3 is 2.65 bits per heavy atom. The van der Waals surface area contributed by atoms with Gasteiger partial charge in [-0.3, -0.25) is 9.69 Å². The van der Waals surface area contributed by atoms with Crippen LogP contribution < -0.4 is 10.1 Å². The monoisotopic (exact) mass is 320 g/mol. The van der Waals surface area contributed by atoms with E-state index in [0.717, 1.165) is 43.7 Å². The molecule has 0 aromatic heterocycles. The highest BCUT2D eigenvalue weighted by Gasteiger charge is 2.32. The first-order valence-corrected chi connectivity index (χ1v) is 8.34. The van der Waals surface area contributed by atoms with Crippen LogP contribution in [0, 0.1) is 5.41 Å². The molecule has 5 heteroatoms. The molecule has 0 spiro atoms. The van der Waals surface area contributed by atoms with Crippen LogP contribution in [0.25, 0.3) is 0 Å². The summed E-state index contributed by atoms with van der Waals surface area (Å²) in [6.07, 6.45) is 2.91. The van der Waals surface area contributed by atoms with Crippen molar-refractivity contribution < 1.29 is 14.6 Å². The lowest BCUT2D eigenvalue weighted by Crippen LogP contribution is -2.45. The summed E-state index contributed by atoms with van der Waals surface area (Å²) in [6.45, 7) is 5.02. The van der Waals surface area contributed by atoms with Gasteiger partial charge in [0.1, 0.15) is 5.75 Å². The average Bonchev–Trinajstić information content (AvgIpc) is 2.61. The minimum atomic E-state index is 0.0314. The molecule has 0 unspecified atom stereocenters. The van der Waals surface area contributed by atoms with Crippen molar-refractivity contribution in [3.05, 3.63) is 29.8 Å². The molecule has 1 amide bonds. The summed E-state index contributed by atoms with van der Waals surface area (Å²) in [7, 11) is 1.63.